The molecule has 0 saturated carbocycles. The topological polar surface area (TPSA) is 74.4 Å². The largest absolute Gasteiger partial charge is 0.444 e. The molecule has 1 saturated heterocycles. The summed E-state index contributed by atoms with van der Waals surface area (Å²) in [6.07, 6.45) is 3.32. The summed E-state index contributed by atoms with van der Waals surface area (Å²) in [6.45, 7) is 9.68. The second-order valence-corrected chi connectivity index (χ2v) is 8.46. The van der Waals surface area contributed by atoms with Crippen molar-refractivity contribution >= 4 is 22.9 Å². The Morgan fingerprint density at radius 3 is 2.62 bits per heavy atom. The van der Waals surface area contributed by atoms with Crippen molar-refractivity contribution in [1.29, 1.82) is 0 Å². The molecule has 4 rings (SSSR count). The maximum atomic E-state index is 12.5. The fourth-order valence-corrected chi connectivity index (χ4v) is 3.77. The third-order valence-electron chi connectivity index (χ3n) is 5.09. The first-order chi connectivity index (χ1) is 13.8. The highest BCUT2D eigenvalue weighted by atomic mass is 16.6. The Morgan fingerprint density at radius 1 is 1.17 bits per heavy atom. The van der Waals surface area contributed by atoms with Gasteiger partial charge in [0.25, 0.3) is 0 Å². The Kier molecular flexibility index (Phi) is 4.90. The summed E-state index contributed by atoms with van der Waals surface area (Å²) < 4.78 is 5.56. The third kappa shape index (κ3) is 3.90. The summed E-state index contributed by atoms with van der Waals surface area (Å²) in [7, 11) is 0. The van der Waals surface area contributed by atoms with E-state index in [4.69, 9.17) is 4.74 Å². The predicted molar refractivity (Wildman–Crippen MR) is 114 cm³/mol. The van der Waals surface area contributed by atoms with Gasteiger partial charge in [0.1, 0.15) is 23.4 Å². The maximum Gasteiger partial charge on any atom is 0.410 e. The van der Waals surface area contributed by atoms with E-state index in [-0.39, 0.29) is 12.1 Å². The molecule has 1 aliphatic heterocycles. The van der Waals surface area contributed by atoms with Gasteiger partial charge in [-0.05, 0) is 33.3 Å². The first kappa shape index (κ1) is 19.2. The van der Waals surface area contributed by atoms with Crippen molar-refractivity contribution in [2.24, 2.45) is 0 Å². The van der Waals surface area contributed by atoms with Gasteiger partial charge in [-0.15, -0.1) is 0 Å². The number of ether oxygens (including phenoxy) is 1. The number of anilines is 1. The number of fused-ring (bicyclic) bond motifs is 1. The van der Waals surface area contributed by atoms with Gasteiger partial charge in [-0.25, -0.2) is 14.8 Å². The molecule has 1 fully saturated rings. The molecule has 1 atom stereocenters. The molecule has 2 aromatic heterocycles. The van der Waals surface area contributed by atoms with Crippen LogP contribution in [0.2, 0.25) is 0 Å². The van der Waals surface area contributed by atoms with Gasteiger partial charge in [0.15, 0.2) is 0 Å². The molecule has 0 bridgehead atoms. The van der Waals surface area contributed by atoms with Crippen LogP contribution in [0.15, 0.2) is 42.9 Å². The van der Waals surface area contributed by atoms with Crippen LogP contribution < -0.4 is 4.90 Å². The van der Waals surface area contributed by atoms with E-state index < -0.39 is 5.60 Å². The molecular formula is C22H27N5O2. The van der Waals surface area contributed by atoms with Crippen molar-refractivity contribution in [3.05, 3.63) is 42.9 Å². The number of carbonyl (C=O) groups is 1. The first-order valence-electron chi connectivity index (χ1n) is 9.95. The summed E-state index contributed by atoms with van der Waals surface area (Å²) >= 11 is 0. The highest BCUT2D eigenvalue weighted by Gasteiger charge is 2.32. The summed E-state index contributed by atoms with van der Waals surface area (Å²) in [5.41, 5.74) is 2.52. The lowest BCUT2D eigenvalue weighted by atomic mass is 10.1. The van der Waals surface area contributed by atoms with E-state index in [2.05, 4.69) is 32.0 Å². The van der Waals surface area contributed by atoms with E-state index in [9.17, 15) is 4.79 Å². The van der Waals surface area contributed by atoms with E-state index in [1.807, 2.05) is 52.1 Å². The molecule has 29 heavy (non-hydrogen) atoms. The fourth-order valence-electron chi connectivity index (χ4n) is 3.77. The summed E-state index contributed by atoms with van der Waals surface area (Å²) in [4.78, 5) is 28.9. The fraction of sp³-hybridized carbons (Fsp3) is 0.409. The minimum Gasteiger partial charge on any atom is -0.444 e. The van der Waals surface area contributed by atoms with Crippen LogP contribution in [0.5, 0.6) is 0 Å². The zero-order valence-corrected chi connectivity index (χ0v) is 17.3. The summed E-state index contributed by atoms with van der Waals surface area (Å²) in [5.74, 6) is 0.894. The van der Waals surface area contributed by atoms with Gasteiger partial charge in [0, 0.05) is 37.4 Å². The van der Waals surface area contributed by atoms with Crippen LogP contribution in [-0.2, 0) is 4.74 Å². The summed E-state index contributed by atoms with van der Waals surface area (Å²) in [5, 5.41) is 1.01. The number of hydrogen-bond acceptors (Lipinski definition) is 5. The molecule has 1 amide bonds. The molecule has 0 spiro atoms. The molecule has 0 unspecified atom stereocenters. The maximum absolute atomic E-state index is 12.5. The first-order valence-corrected chi connectivity index (χ1v) is 9.95. The van der Waals surface area contributed by atoms with Gasteiger partial charge < -0.3 is 19.5 Å². The van der Waals surface area contributed by atoms with Crippen LogP contribution in [0.3, 0.4) is 0 Å². The van der Waals surface area contributed by atoms with Gasteiger partial charge >= 0.3 is 6.09 Å². The lowest BCUT2D eigenvalue weighted by Gasteiger charge is -2.40. The van der Waals surface area contributed by atoms with Gasteiger partial charge in [-0.3, -0.25) is 0 Å². The molecule has 1 N–H and O–H groups in total. The monoisotopic (exact) mass is 393 g/mol. The smallest absolute Gasteiger partial charge is 0.410 e. The molecule has 3 heterocycles. The average molecular weight is 393 g/mol. The number of aromatic nitrogens is 3. The molecule has 1 aromatic carbocycles. The molecule has 0 radical (unpaired) electrons. The lowest BCUT2D eigenvalue weighted by Crippen LogP contribution is -2.55. The van der Waals surface area contributed by atoms with E-state index in [1.54, 1.807) is 11.2 Å². The van der Waals surface area contributed by atoms with Crippen molar-refractivity contribution in [3.63, 3.8) is 0 Å². The minimum absolute atomic E-state index is 0.0164. The SMILES string of the molecule is C[C@@H]1CN(c2ncnc3[nH]cc(-c4ccccc4)c23)CCN1C(=O)OC(C)(C)C. The van der Waals surface area contributed by atoms with Gasteiger partial charge in [-0.1, -0.05) is 30.3 Å². The van der Waals surface area contributed by atoms with Crippen LogP contribution in [0.25, 0.3) is 22.2 Å². The number of H-pyrrole nitrogens is 1. The molecule has 3 aromatic rings. The average Bonchev–Trinajstić information content (AvgIpc) is 3.11. The van der Waals surface area contributed by atoms with Crippen LogP contribution >= 0.6 is 0 Å². The number of carbonyl (C=O) groups excluding carboxylic acids is 1. The highest BCUT2D eigenvalue weighted by molar-refractivity contribution is 6.01. The van der Waals surface area contributed by atoms with Gasteiger partial charge in [0.05, 0.1) is 5.39 Å². The molecule has 152 valence electrons. The minimum atomic E-state index is -0.498. The number of rotatable bonds is 2. The Morgan fingerprint density at radius 2 is 1.93 bits per heavy atom. The van der Waals surface area contributed by atoms with Crippen LogP contribution in [0, 0.1) is 0 Å². The van der Waals surface area contributed by atoms with E-state index in [1.165, 1.54) is 0 Å². The molecule has 7 heteroatoms. The molecule has 7 nitrogen and oxygen atoms in total. The lowest BCUT2D eigenvalue weighted by molar-refractivity contribution is 0.0159. The van der Waals surface area contributed by atoms with E-state index >= 15 is 0 Å². The van der Waals surface area contributed by atoms with Crippen LogP contribution in [-0.4, -0.2) is 57.2 Å². The normalized spacial score (nSPS) is 17.6. The zero-order chi connectivity index (χ0) is 20.6. The summed E-state index contributed by atoms with van der Waals surface area (Å²) in [6, 6.07) is 10.2. The Labute approximate surface area is 170 Å². The molecular weight excluding hydrogens is 366 g/mol. The van der Waals surface area contributed by atoms with Crippen molar-refractivity contribution in [2.75, 3.05) is 24.5 Å². The Balaban J connectivity index is 1.62. The number of piperazine rings is 1. The number of benzene rings is 1. The van der Waals surface area contributed by atoms with Crippen LogP contribution in [0.1, 0.15) is 27.7 Å². The predicted octanol–water partition coefficient (Wildman–Crippen LogP) is 4.07. The number of amides is 1. The Bertz CT molecular complexity index is 1010. The third-order valence-corrected chi connectivity index (χ3v) is 5.09. The highest BCUT2D eigenvalue weighted by Crippen LogP contribution is 2.34. The van der Waals surface area contributed by atoms with Crippen molar-refractivity contribution in [1.82, 2.24) is 19.9 Å². The van der Waals surface area contributed by atoms with Crippen molar-refractivity contribution in [3.8, 4) is 11.1 Å². The standard InChI is InChI=1S/C22H27N5O2/c1-15-13-26(10-11-27(15)21(28)29-22(2,3)4)20-18-17(16-8-6-5-7-9-16)12-23-19(18)24-14-25-20/h5-9,12,14-15H,10-11,13H2,1-4H3,(H,23,24,25)/t15-/m1/s1. The zero-order valence-electron chi connectivity index (χ0n) is 17.3. The number of nitrogens with zero attached hydrogens (tertiary/aromatic N) is 4. The van der Waals surface area contributed by atoms with Gasteiger partial charge in [-0.2, -0.15) is 0 Å². The quantitative estimate of drug-likeness (QED) is 0.710. The molecule has 0 aliphatic carbocycles. The number of nitrogens with one attached hydrogen (secondary N) is 1. The second-order valence-electron chi connectivity index (χ2n) is 8.46. The number of aromatic amines is 1. The van der Waals surface area contributed by atoms with Crippen molar-refractivity contribution < 1.29 is 9.53 Å². The van der Waals surface area contributed by atoms with Crippen molar-refractivity contribution in [2.45, 2.75) is 39.3 Å². The molecule has 1 aliphatic rings. The van der Waals surface area contributed by atoms with Gasteiger partial charge in [0.2, 0.25) is 0 Å². The van der Waals surface area contributed by atoms with E-state index in [0.717, 1.165) is 28.0 Å². The van der Waals surface area contributed by atoms with Crippen LogP contribution in [0.4, 0.5) is 10.6 Å². The number of hydrogen-bond donors (Lipinski definition) is 1. The van der Waals surface area contributed by atoms with E-state index in [0.29, 0.717) is 19.6 Å². The second kappa shape index (κ2) is 7.39. The Hall–Kier alpha value is -3.09.